The number of nitro benzene ring substituents is 1. The molecule has 6 heteroatoms. The Labute approximate surface area is 76.8 Å². The molecule has 0 fully saturated rings. The van der Waals surface area contributed by atoms with Crippen molar-refractivity contribution in [2.24, 2.45) is 0 Å². The molecule has 1 rings (SSSR count). The van der Waals surface area contributed by atoms with Gasteiger partial charge in [-0.1, -0.05) is 0 Å². The van der Waals surface area contributed by atoms with E-state index in [4.69, 9.17) is 15.8 Å². The summed E-state index contributed by atoms with van der Waals surface area (Å²) >= 11 is 0. The quantitative estimate of drug-likeness (QED) is 0.595. The number of nitrogens with zero attached hydrogens (tertiary/aromatic N) is 1. The van der Waals surface area contributed by atoms with Crippen molar-refractivity contribution < 1.29 is 10.0 Å². The molecule has 0 spiro atoms. The summed E-state index contributed by atoms with van der Waals surface area (Å²) in [6, 6.07) is 3.95. The van der Waals surface area contributed by atoms with Crippen LogP contribution in [0.5, 0.6) is 5.75 Å². The molecule has 64 valence electrons. The number of aromatic hydroxyl groups is 1. The molecule has 1 aromatic rings. The molecule has 1 N–H and O–H groups in total. The molecule has 12 heavy (non-hydrogen) atoms. The van der Waals surface area contributed by atoms with E-state index in [2.05, 4.69) is 0 Å². The largest absolute Gasteiger partial charge is 0.502 e. The van der Waals surface area contributed by atoms with Gasteiger partial charge in [-0.2, -0.15) is 0 Å². The Balaban J connectivity index is 3.17. The van der Waals surface area contributed by atoms with Gasteiger partial charge in [0.05, 0.1) is 4.92 Å². The minimum atomic E-state index is -0.661. The standard InChI is InChI=1S/C6H4ClNO3S/c7-12-4-1-2-6(9)5(3-4)8(10)11/h1-3,9H. The van der Waals surface area contributed by atoms with Crippen molar-refractivity contribution in [1.82, 2.24) is 0 Å². The molecule has 0 aromatic heterocycles. The molecule has 0 saturated heterocycles. The maximum Gasteiger partial charge on any atom is 0.311 e. The SMILES string of the molecule is O=[N+]([O-])c1cc(SCl)ccc1O. The Morgan fingerprint density at radius 2 is 2.25 bits per heavy atom. The van der Waals surface area contributed by atoms with Gasteiger partial charge >= 0.3 is 5.69 Å². The number of rotatable bonds is 2. The Hall–Kier alpha value is -0.940. The minimum Gasteiger partial charge on any atom is -0.502 e. The van der Waals surface area contributed by atoms with Crippen molar-refractivity contribution in [3.8, 4) is 5.75 Å². The number of halogens is 1. The van der Waals surface area contributed by atoms with Crippen LogP contribution in [-0.2, 0) is 0 Å². The van der Waals surface area contributed by atoms with E-state index < -0.39 is 4.92 Å². The van der Waals surface area contributed by atoms with Crippen molar-refractivity contribution in [1.29, 1.82) is 0 Å². The van der Waals surface area contributed by atoms with Gasteiger partial charge in [0.15, 0.2) is 5.75 Å². The van der Waals surface area contributed by atoms with Gasteiger partial charge in [0.25, 0.3) is 0 Å². The number of phenolic OH excluding ortho intramolecular Hbond substituents is 1. The smallest absolute Gasteiger partial charge is 0.311 e. The lowest BCUT2D eigenvalue weighted by Gasteiger charge is -1.96. The van der Waals surface area contributed by atoms with Gasteiger partial charge in [0.1, 0.15) is 0 Å². The van der Waals surface area contributed by atoms with Crippen molar-refractivity contribution >= 4 is 27.3 Å². The van der Waals surface area contributed by atoms with E-state index in [0.29, 0.717) is 4.90 Å². The highest BCUT2D eigenvalue weighted by atomic mass is 35.7. The minimum absolute atomic E-state index is 0.333. The van der Waals surface area contributed by atoms with Crippen molar-refractivity contribution in [3.63, 3.8) is 0 Å². The van der Waals surface area contributed by atoms with Crippen molar-refractivity contribution in [2.75, 3.05) is 0 Å². The highest BCUT2D eigenvalue weighted by Gasteiger charge is 2.12. The third-order valence-electron chi connectivity index (χ3n) is 1.23. The molecule has 0 atom stereocenters. The zero-order valence-corrected chi connectivity index (χ0v) is 7.30. The molecule has 0 aliphatic heterocycles. The van der Waals surface area contributed by atoms with Gasteiger partial charge in [-0.15, -0.1) is 0 Å². The molecule has 0 amide bonds. The number of hydrogen-bond acceptors (Lipinski definition) is 4. The molecule has 0 unspecified atom stereocenters. The Kier molecular flexibility index (Phi) is 2.78. The fourth-order valence-electron chi connectivity index (χ4n) is 0.697. The molecule has 0 heterocycles. The lowest BCUT2D eigenvalue weighted by molar-refractivity contribution is -0.386. The molecule has 0 aliphatic rings. The number of phenols is 1. The topological polar surface area (TPSA) is 63.4 Å². The second kappa shape index (κ2) is 3.64. The summed E-state index contributed by atoms with van der Waals surface area (Å²) in [5, 5.41) is 19.3. The van der Waals surface area contributed by atoms with E-state index in [-0.39, 0.29) is 11.4 Å². The molecule has 0 bridgehead atoms. The van der Waals surface area contributed by atoms with Crippen LogP contribution in [0.15, 0.2) is 23.1 Å². The van der Waals surface area contributed by atoms with Crippen LogP contribution in [0, 0.1) is 10.1 Å². The molecular weight excluding hydrogens is 202 g/mol. The molecule has 1 aromatic carbocycles. The number of benzene rings is 1. The first-order valence-corrected chi connectivity index (χ1v) is 4.55. The normalized spacial score (nSPS) is 9.75. The highest BCUT2D eigenvalue weighted by molar-refractivity contribution is 8.21. The van der Waals surface area contributed by atoms with E-state index in [0.717, 1.165) is 11.0 Å². The summed E-state index contributed by atoms with van der Waals surface area (Å²) in [6.07, 6.45) is 0. The molecule has 0 saturated carbocycles. The Bertz CT molecular complexity index is 318. The fraction of sp³-hybridized carbons (Fsp3) is 0. The van der Waals surface area contributed by atoms with Crippen LogP contribution in [0.2, 0.25) is 0 Å². The van der Waals surface area contributed by atoms with Crippen LogP contribution in [0.25, 0.3) is 0 Å². The molecule has 0 aliphatic carbocycles. The van der Waals surface area contributed by atoms with Gasteiger partial charge in [-0.05, 0) is 33.8 Å². The van der Waals surface area contributed by atoms with Gasteiger partial charge in [-0.3, -0.25) is 10.1 Å². The zero-order valence-electron chi connectivity index (χ0n) is 5.73. The van der Waals surface area contributed by atoms with Gasteiger partial charge in [0, 0.05) is 11.0 Å². The van der Waals surface area contributed by atoms with E-state index in [1.165, 1.54) is 18.2 Å². The maximum atomic E-state index is 10.3. The van der Waals surface area contributed by atoms with Crippen LogP contribution < -0.4 is 0 Å². The average Bonchev–Trinajstić information content (AvgIpc) is 2.05. The summed E-state index contributed by atoms with van der Waals surface area (Å²) in [4.78, 5) is 10.2. The zero-order chi connectivity index (χ0) is 9.14. The van der Waals surface area contributed by atoms with Gasteiger partial charge in [0.2, 0.25) is 0 Å². The summed E-state index contributed by atoms with van der Waals surface area (Å²) in [5.74, 6) is -0.352. The summed E-state index contributed by atoms with van der Waals surface area (Å²) in [7, 11) is 6.23. The van der Waals surface area contributed by atoms with Crippen LogP contribution in [0.4, 0.5) is 5.69 Å². The molecule has 4 nitrogen and oxygen atoms in total. The first-order valence-electron chi connectivity index (χ1n) is 2.91. The lowest BCUT2D eigenvalue weighted by atomic mass is 10.3. The third kappa shape index (κ3) is 1.80. The van der Waals surface area contributed by atoms with Crippen LogP contribution in [0.1, 0.15) is 0 Å². The predicted octanol–water partition coefficient (Wildman–Crippen LogP) is 2.55. The van der Waals surface area contributed by atoms with Gasteiger partial charge in [-0.25, -0.2) is 0 Å². The predicted molar refractivity (Wildman–Crippen MR) is 46.5 cm³/mol. The van der Waals surface area contributed by atoms with Crippen LogP contribution >= 0.6 is 21.7 Å². The first-order chi connectivity index (χ1) is 5.65. The second-order valence-electron chi connectivity index (χ2n) is 1.98. The Morgan fingerprint density at radius 1 is 1.58 bits per heavy atom. The molecule has 0 radical (unpaired) electrons. The average molecular weight is 206 g/mol. The second-order valence-corrected chi connectivity index (χ2v) is 3.07. The first kappa shape index (κ1) is 9.15. The van der Waals surface area contributed by atoms with E-state index in [1.54, 1.807) is 0 Å². The van der Waals surface area contributed by atoms with E-state index in [9.17, 15) is 10.1 Å². The van der Waals surface area contributed by atoms with E-state index >= 15 is 0 Å². The maximum absolute atomic E-state index is 10.3. The monoisotopic (exact) mass is 205 g/mol. The summed E-state index contributed by atoms with van der Waals surface area (Å²) < 4.78 is 0. The summed E-state index contributed by atoms with van der Waals surface area (Å²) in [5.41, 5.74) is -0.333. The third-order valence-corrected chi connectivity index (χ3v) is 2.20. The van der Waals surface area contributed by atoms with Crippen LogP contribution in [0.3, 0.4) is 0 Å². The fourth-order valence-corrected chi connectivity index (χ4v) is 1.26. The highest BCUT2D eigenvalue weighted by Crippen LogP contribution is 2.31. The van der Waals surface area contributed by atoms with Gasteiger partial charge < -0.3 is 5.11 Å². The number of hydrogen-bond donors (Lipinski definition) is 1. The van der Waals surface area contributed by atoms with Crippen LogP contribution in [-0.4, -0.2) is 10.0 Å². The lowest BCUT2D eigenvalue weighted by Crippen LogP contribution is -1.88. The van der Waals surface area contributed by atoms with Crippen molar-refractivity contribution in [2.45, 2.75) is 4.90 Å². The number of nitro groups is 1. The van der Waals surface area contributed by atoms with Crippen molar-refractivity contribution in [3.05, 3.63) is 28.3 Å². The summed E-state index contributed by atoms with van der Waals surface area (Å²) in [6.45, 7) is 0. The van der Waals surface area contributed by atoms with E-state index in [1.807, 2.05) is 0 Å². The Morgan fingerprint density at radius 3 is 2.75 bits per heavy atom. The molecular formula is C6H4ClNO3S.